The molecule has 0 heterocycles. The van der Waals surface area contributed by atoms with Gasteiger partial charge in [0.05, 0.1) is 22.8 Å². The van der Waals surface area contributed by atoms with Gasteiger partial charge in [-0.3, -0.25) is 19.2 Å². The van der Waals surface area contributed by atoms with Crippen LogP contribution < -0.4 is 5.32 Å². The van der Waals surface area contributed by atoms with E-state index in [1.807, 2.05) is 0 Å². The summed E-state index contributed by atoms with van der Waals surface area (Å²) in [5.41, 5.74) is -2.39. The summed E-state index contributed by atoms with van der Waals surface area (Å²) in [6.45, 7) is 16.1. The molecule has 0 radical (unpaired) electrons. The molecule has 1 N–H and O–H groups in total. The van der Waals surface area contributed by atoms with E-state index < -0.39 is 46.4 Å². The summed E-state index contributed by atoms with van der Waals surface area (Å²) in [6.07, 6.45) is -2.10. The molecule has 8 nitrogen and oxygen atoms in total. The summed E-state index contributed by atoms with van der Waals surface area (Å²) < 4.78 is 16.4. The van der Waals surface area contributed by atoms with Gasteiger partial charge in [-0.25, -0.2) is 0 Å². The first-order valence-electron chi connectivity index (χ1n) is 9.69. The highest BCUT2D eigenvalue weighted by molar-refractivity contribution is 5.77. The SMILES string of the molecule is CC(=O)NC[C@H](OC(=O)C(C)(C)C)[C@@H](COC(=O)C(C)(C)C)OC(=O)C(C)(C)C. The van der Waals surface area contributed by atoms with Gasteiger partial charge in [-0.2, -0.15) is 0 Å². The smallest absolute Gasteiger partial charge is 0.311 e. The lowest BCUT2D eigenvalue weighted by atomic mass is 9.96. The fourth-order valence-corrected chi connectivity index (χ4v) is 1.71. The van der Waals surface area contributed by atoms with Crippen LogP contribution in [0.25, 0.3) is 0 Å². The lowest BCUT2D eigenvalue weighted by Gasteiger charge is -2.31. The van der Waals surface area contributed by atoms with E-state index in [2.05, 4.69) is 5.32 Å². The Morgan fingerprint density at radius 3 is 1.41 bits per heavy atom. The van der Waals surface area contributed by atoms with Gasteiger partial charge in [0.1, 0.15) is 6.61 Å². The largest absolute Gasteiger partial charge is 0.461 e. The number of amides is 1. The van der Waals surface area contributed by atoms with Gasteiger partial charge in [0, 0.05) is 6.92 Å². The molecule has 0 rings (SSSR count). The number of hydrogen-bond acceptors (Lipinski definition) is 7. The molecule has 0 saturated carbocycles. The Morgan fingerprint density at radius 1 is 0.690 bits per heavy atom. The van der Waals surface area contributed by atoms with E-state index in [-0.39, 0.29) is 19.1 Å². The van der Waals surface area contributed by atoms with Crippen LogP contribution in [0.4, 0.5) is 0 Å². The molecule has 0 bridgehead atoms. The molecule has 8 heteroatoms. The van der Waals surface area contributed by atoms with Crippen molar-refractivity contribution < 1.29 is 33.4 Å². The average molecular weight is 416 g/mol. The molecular formula is C21H37NO7. The van der Waals surface area contributed by atoms with Gasteiger partial charge < -0.3 is 19.5 Å². The first-order chi connectivity index (χ1) is 12.9. The highest BCUT2D eigenvalue weighted by Gasteiger charge is 2.37. The molecule has 0 unspecified atom stereocenters. The summed E-state index contributed by atoms with van der Waals surface area (Å²) >= 11 is 0. The zero-order chi connectivity index (χ0) is 23.2. The highest BCUT2D eigenvalue weighted by Crippen LogP contribution is 2.22. The molecule has 0 aromatic rings. The first kappa shape index (κ1) is 26.9. The van der Waals surface area contributed by atoms with Crippen LogP contribution in [0.3, 0.4) is 0 Å². The molecule has 168 valence electrons. The minimum Gasteiger partial charge on any atom is -0.461 e. The van der Waals surface area contributed by atoms with E-state index in [0.29, 0.717) is 0 Å². The van der Waals surface area contributed by atoms with Crippen LogP contribution in [0.1, 0.15) is 69.2 Å². The maximum absolute atomic E-state index is 12.5. The zero-order valence-electron chi connectivity index (χ0n) is 19.4. The summed E-state index contributed by atoms with van der Waals surface area (Å²) in [6, 6.07) is 0. The molecule has 0 spiro atoms. The fraction of sp³-hybridized carbons (Fsp3) is 0.810. The second-order valence-electron chi connectivity index (χ2n) is 10.2. The molecule has 0 aromatic heterocycles. The summed E-state index contributed by atoms with van der Waals surface area (Å²) in [5.74, 6) is -1.91. The van der Waals surface area contributed by atoms with Crippen molar-refractivity contribution in [2.45, 2.75) is 81.4 Å². The fourth-order valence-electron chi connectivity index (χ4n) is 1.71. The van der Waals surface area contributed by atoms with Gasteiger partial charge in [0.15, 0.2) is 12.2 Å². The van der Waals surface area contributed by atoms with Crippen LogP contribution in [0.5, 0.6) is 0 Å². The Bertz CT molecular complexity index is 606. The van der Waals surface area contributed by atoms with Crippen molar-refractivity contribution in [3.63, 3.8) is 0 Å². The summed E-state index contributed by atoms with van der Waals surface area (Å²) in [5, 5.41) is 2.56. The zero-order valence-corrected chi connectivity index (χ0v) is 19.4. The van der Waals surface area contributed by atoms with Crippen LogP contribution in [0.15, 0.2) is 0 Å². The van der Waals surface area contributed by atoms with Gasteiger partial charge in [-0.05, 0) is 62.3 Å². The van der Waals surface area contributed by atoms with Crippen LogP contribution in [-0.4, -0.2) is 49.2 Å². The third kappa shape index (κ3) is 10.3. The topological polar surface area (TPSA) is 108 Å². The number of hydrogen-bond donors (Lipinski definition) is 1. The number of esters is 3. The van der Waals surface area contributed by atoms with E-state index >= 15 is 0 Å². The standard InChI is InChI=1S/C21H37NO7/c1-13(23)22-11-14(28-17(25)20(5,6)7)15(29-18(26)21(8,9)10)12-27-16(24)19(2,3)4/h14-15H,11-12H2,1-10H3,(H,22,23)/t14-,15+/m0/s1. The normalized spacial score (nSPS) is 14.4. The average Bonchev–Trinajstić information content (AvgIpc) is 2.51. The molecule has 29 heavy (non-hydrogen) atoms. The Balaban J connectivity index is 5.70. The number of carbonyl (C=O) groups is 4. The molecule has 1 amide bonds. The predicted molar refractivity (Wildman–Crippen MR) is 108 cm³/mol. The van der Waals surface area contributed by atoms with Crippen molar-refractivity contribution in [3.8, 4) is 0 Å². The van der Waals surface area contributed by atoms with Gasteiger partial charge in [0.2, 0.25) is 5.91 Å². The van der Waals surface area contributed by atoms with Crippen LogP contribution in [-0.2, 0) is 33.4 Å². The number of rotatable bonds is 7. The van der Waals surface area contributed by atoms with E-state index in [4.69, 9.17) is 14.2 Å². The van der Waals surface area contributed by atoms with Crippen molar-refractivity contribution >= 4 is 23.8 Å². The highest BCUT2D eigenvalue weighted by atomic mass is 16.6. The Kier molecular flexibility index (Phi) is 9.34. The molecule has 0 aliphatic heterocycles. The third-order valence-corrected chi connectivity index (χ3v) is 3.70. The number of ether oxygens (including phenoxy) is 3. The molecule has 2 atom stereocenters. The Morgan fingerprint density at radius 2 is 1.07 bits per heavy atom. The third-order valence-electron chi connectivity index (χ3n) is 3.70. The van der Waals surface area contributed by atoms with E-state index in [0.717, 1.165) is 0 Å². The molecule has 0 fully saturated rings. The second kappa shape index (κ2) is 10.1. The molecular weight excluding hydrogens is 378 g/mol. The van der Waals surface area contributed by atoms with Crippen molar-refractivity contribution in [2.24, 2.45) is 16.2 Å². The molecule has 0 aromatic carbocycles. The second-order valence-corrected chi connectivity index (χ2v) is 10.2. The van der Waals surface area contributed by atoms with Gasteiger partial charge >= 0.3 is 17.9 Å². The maximum atomic E-state index is 12.5. The van der Waals surface area contributed by atoms with Gasteiger partial charge in [-0.1, -0.05) is 0 Å². The summed E-state index contributed by atoms with van der Waals surface area (Å²) in [4.78, 5) is 48.4. The Labute approximate surface area is 174 Å². The van der Waals surface area contributed by atoms with Crippen molar-refractivity contribution in [1.82, 2.24) is 5.32 Å². The van der Waals surface area contributed by atoms with Crippen molar-refractivity contribution in [3.05, 3.63) is 0 Å². The lowest BCUT2D eigenvalue weighted by molar-refractivity contribution is -0.185. The van der Waals surface area contributed by atoms with E-state index in [1.165, 1.54) is 6.92 Å². The maximum Gasteiger partial charge on any atom is 0.311 e. The summed E-state index contributed by atoms with van der Waals surface area (Å²) in [7, 11) is 0. The van der Waals surface area contributed by atoms with Crippen LogP contribution >= 0.6 is 0 Å². The first-order valence-corrected chi connectivity index (χ1v) is 9.69. The van der Waals surface area contributed by atoms with Crippen LogP contribution in [0, 0.1) is 16.2 Å². The molecule has 0 aliphatic carbocycles. The monoisotopic (exact) mass is 415 g/mol. The number of carbonyl (C=O) groups excluding carboxylic acids is 4. The minimum absolute atomic E-state index is 0.0910. The van der Waals surface area contributed by atoms with Crippen molar-refractivity contribution in [2.75, 3.05) is 13.2 Å². The van der Waals surface area contributed by atoms with Crippen LogP contribution in [0.2, 0.25) is 0 Å². The lowest BCUT2D eigenvalue weighted by Crippen LogP contribution is -2.48. The number of nitrogens with one attached hydrogen (secondary N) is 1. The van der Waals surface area contributed by atoms with Crippen molar-refractivity contribution in [1.29, 1.82) is 0 Å². The Hall–Kier alpha value is -2.12. The minimum atomic E-state index is -1.08. The van der Waals surface area contributed by atoms with Gasteiger partial charge in [-0.15, -0.1) is 0 Å². The van der Waals surface area contributed by atoms with Gasteiger partial charge in [0.25, 0.3) is 0 Å². The molecule has 0 aliphatic rings. The molecule has 0 saturated heterocycles. The quantitative estimate of drug-likeness (QED) is 0.503. The van der Waals surface area contributed by atoms with E-state index in [1.54, 1.807) is 62.3 Å². The predicted octanol–water partition coefficient (Wildman–Crippen LogP) is 2.63. The van der Waals surface area contributed by atoms with E-state index in [9.17, 15) is 19.2 Å².